The first kappa shape index (κ1) is 24.2. The zero-order valence-corrected chi connectivity index (χ0v) is 20.3. The Kier molecular flexibility index (Phi) is 7.63. The van der Waals surface area contributed by atoms with Gasteiger partial charge in [0.2, 0.25) is 5.75 Å². The van der Waals surface area contributed by atoms with Crippen molar-refractivity contribution in [3.63, 3.8) is 0 Å². The number of fused-ring (bicyclic) bond motifs is 1. The average Bonchev–Trinajstić information content (AvgIpc) is 2.99. The fourth-order valence-electron chi connectivity index (χ4n) is 4.09. The summed E-state index contributed by atoms with van der Waals surface area (Å²) in [6.45, 7) is 11.3. The second-order valence-electron chi connectivity index (χ2n) is 8.07. The smallest absolute Gasteiger partial charge is 0.271 e. The van der Waals surface area contributed by atoms with Gasteiger partial charge in [0.05, 0.1) is 19.8 Å². The molecule has 0 spiro atoms. The summed E-state index contributed by atoms with van der Waals surface area (Å²) in [5.74, 6) is 1.07. The number of likely N-dealkylation sites (N-methyl/N-ethyl adjacent to an activating group) is 1. The van der Waals surface area contributed by atoms with Gasteiger partial charge in [0.1, 0.15) is 0 Å². The molecule has 1 aliphatic rings. The molecule has 3 rings (SSSR count). The number of allylic oxidation sites excluding steroid dienone is 2. The highest BCUT2D eigenvalue weighted by molar-refractivity contribution is 5.96. The van der Waals surface area contributed by atoms with Gasteiger partial charge in [-0.2, -0.15) is 5.10 Å². The average molecular weight is 452 g/mol. The molecule has 7 heteroatoms. The molecule has 2 aromatic rings. The number of hydrogen-bond donors (Lipinski definition) is 1. The number of rotatable bonds is 9. The Balaban J connectivity index is 1.79. The van der Waals surface area contributed by atoms with Gasteiger partial charge in [-0.05, 0) is 50.6 Å². The first-order valence-corrected chi connectivity index (χ1v) is 11.3. The van der Waals surface area contributed by atoms with Crippen molar-refractivity contribution in [3.05, 3.63) is 59.3 Å². The SMILES string of the molecule is CCOc1cc(C(=O)N/N=C\C=C2/N(C)c3ccccc3C2(C)C)cc(OCC)c1OCC. The Labute approximate surface area is 196 Å². The van der Waals surface area contributed by atoms with Crippen LogP contribution in [0.5, 0.6) is 17.2 Å². The van der Waals surface area contributed by atoms with Crippen molar-refractivity contribution >= 4 is 17.8 Å². The standard InChI is InChI=1S/C26H33N3O4/c1-7-31-21-16-18(17-22(32-8-2)24(21)33-9-3)25(30)28-27-15-14-23-26(4,5)19-12-10-11-13-20(19)29(23)6/h10-17H,7-9H2,1-6H3,(H,28,30)/b23-14-,27-15-. The van der Waals surface area contributed by atoms with Crippen LogP contribution in [0.4, 0.5) is 5.69 Å². The number of hydrogen-bond acceptors (Lipinski definition) is 6. The van der Waals surface area contributed by atoms with Crippen molar-refractivity contribution in [1.29, 1.82) is 0 Å². The molecule has 176 valence electrons. The number of hydrazone groups is 1. The van der Waals surface area contributed by atoms with Crippen LogP contribution in [0.3, 0.4) is 0 Å². The third-order valence-electron chi connectivity index (χ3n) is 5.58. The molecule has 0 saturated heterocycles. The van der Waals surface area contributed by atoms with E-state index >= 15 is 0 Å². The van der Waals surface area contributed by atoms with E-state index in [-0.39, 0.29) is 11.3 Å². The van der Waals surface area contributed by atoms with Crippen LogP contribution < -0.4 is 24.5 Å². The van der Waals surface area contributed by atoms with E-state index in [4.69, 9.17) is 14.2 Å². The zero-order valence-electron chi connectivity index (χ0n) is 20.3. The van der Waals surface area contributed by atoms with Crippen LogP contribution in [0.15, 0.2) is 53.3 Å². The van der Waals surface area contributed by atoms with Crippen LogP contribution >= 0.6 is 0 Å². The molecule has 0 aliphatic carbocycles. The van der Waals surface area contributed by atoms with Gasteiger partial charge in [0.25, 0.3) is 5.91 Å². The summed E-state index contributed by atoms with van der Waals surface area (Å²) in [7, 11) is 2.04. The molecule has 0 fully saturated rings. The van der Waals surface area contributed by atoms with Gasteiger partial charge >= 0.3 is 0 Å². The van der Waals surface area contributed by atoms with Gasteiger partial charge in [-0.15, -0.1) is 0 Å². The number of nitrogens with one attached hydrogen (secondary N) is 1. The number of amides is 1. The quantitative estimate of drug-likeness (QED) is 0.433. The number of para-hydroxylation sites is 1. The van der Waals surface area contributed by atoms with Gasteiger partial charge in [-0.25, -0.2) is 5.43 Å². The van der Waals surface area contributed by atoms with Crippen molar-refractivity contribution in [2.45, 2.75) is 40.0 Å². The van der Waals surface area contributed by atoms with Crippen LogP contribution in [-0.4, -0.2) is 39.0 Å². The van der Waals surface area contributed by atoms with Crippen LogP contribution in [0, 0.1) is 0 Å². The molecule has 0 atom stereocenters. The summed E-state index contributed by atoms with van der Waals surface area (Å²) in [6.07, 6.45) is 3.54. The highest BCUT2D eigenvalue weighted by Gasteiger charge is 2.37. The summed E-state index contributed by atoms with van der Waals surface area (Å²) in [5, 5.41) is 4.14. The molecular formula is C26H33N3O4. The van der Waals surface area contributed by atoms with E-state index in [0.29, 0.717) is 42.6 Å². The summed E-state index contributed by atoms with van der Waals surface area (Å²) >= 11 is 0. The summed E-state index contributed by atoms with van der Waals surface area (Å²) in [5.41, 5.74) is 6.34. The summed E-state index contributed by atoms with van der Waals surface area (Å²) < 4.78 is 17.1. The van der Waals surface area contributed by atoms with Crippen molar-refractivity contribution < 1.29 is 19.0 Å². The highest BCUT2D eigenvalue weighted by atomic mass is 16.5. The lowest BCUT2D eigenvalue weighted by atomic mass is 9.84. The molecule has 7 nitrogen and oxygen atoms in total. The van der Waals surface area contributed by atoms with Gasteiger partial charge < -0.3 is 19.1 Å². The molecule has 1 N–H and O–H groups in total. The number of nitrogens with zero attached hydrogens (tertiary/aromatic N) is 2. The Morgan fingerprint density at radius 3 is 2.21 bits per heavy atom. The van der Waals surface area contributed by atoms with E-state index < -0.39 is 0 Å². The van der Waals surface area contributed by atoms with Crippen molar-refractivity contribution in [2.75, 3.05) is 31.8 Å². The first-order valence-electron chi connectivity index (χ1n) is 11.3. The van der Waals surface area contributed by atoms with Gasteiger partial charge in [0.15, 0.2) is 11.5 Å². The van der Waals surface area contributed by atoms with Crippen molar-refractivity contribution in [3.8, 4) is 17.2 Å². The normalized spacial score (nSPS) is 15.6. The molecule has 2 aromatic carbocycles. The monoisotopic (exact) mass is 451 g/mol. The molecule has 33 heavy (non-hydrogen) atoms. The predicted molar refractivity (Wildman–Crippen MR) is 132 cm³/mol. The Morgan fingerprint density at radius 2 is 1.64 bits per heavy atom. The Morgan fingerprint density at radius 1 is 1.03 bits per heavy atom. The number of benzene rings is 2. The van der Waals surface area contributed by atoms with Crippen LogP contribution in [0.1, 0.15) is 50.5 Å². The number of carbonyl (C=O) groups is 1. The second kappa shape index (κ2) is 10.4. The van der Waals surface area contributed by atoms with Crippen LogP contribution in [0.2, 0.25) is 0 Å². The lowest BCUT2D eigenvalue weighted by Gasteiger charge is -2.23. The molecule has 0 unspecified atom stereocenters. The molecule has 1 aliphatic heterocycles. The van der Waals surface area contributed by atoms with E-state index in [9.17, 15) is 4.79 Å². The fourth-order valence-corrected chi connectivity index (χ4v) is 4.09. The maximum absolute atomic E-state index is 12.8. The van der Waals surface area contributed by atoms with E-state index in [1.807, 2.05) is 40.0 Å². The highest BCUT2D eigenvalue weighted by Crippen LogP contribution is 2.46. The third kappa shape index (κ3) is 4.97. The van der Waals surface area contributed by atoms with Crippen molar-refractivity contribution in [1.82, 2.24) is 5.43 Å². The van der Waals surface area contributed by atoms with Crippen LogP contribution in [-0.2, 0) is 5.41 Å². The minimum Gasteiger partial charge on any atom is -0.490 e. The third-order valence-corrected chi connectivity index (χ3v) is 5.58. The maximum atomic E-state index is 12.8. The lowest BCUT2D eigenvalue weighted by molar-refractivity contribution is 0.0954. The molecule has 1 amide bonds. The van der Waals surface area contributed by atoms with Crippen molar-refractivity contribution in [2.24, 2.45) is 5.10 Å². The van der Waals surface area contributed by atoms with E-state index in [0.717, 1.165) is 5.70 Å². The summed E-state index contributed by atoms with van der Waals surface area (Å²) in [4.78, 5) is 14.9. The minimum atomic E-state index is -0.364. The second-order valence-corrected chi connectivity index (χ2v) is 8.07. The molecular weight excluding hydrogens is 418 g/mol. The van der Waals surface area contributed by atoms with Crippen LogP contribution in [0.25, 0.3) is 0 Å². The molecule has 0 bridgehead atoms. The van der Waals surface area contributed by atoms with E-state index in [1.54, 1.807) is 18.3 Å². The largest absolute Gasteiger partial charge is 0.490 e. The number of ether oxygens (including phenoxy) is 3. The number of anilines is 1. The van der Waals surface area contributed by atoms with E-state index in [2.05, 4.69) is 47.5 Å². The maximum Gasteiger partial charge on any atom is 0.271 e. The number of carbonyl (C=O) groups excluding carboxylic acids is 1. The van der Waals surface area contributed by atoms with Gasteiger partial charge in [0, 0.05) is 35.6 Å². The lowest BCUT2D eigenvalue weighted by Crippen LogP contribution is -2.23. The first-order chi connectivity index (χ1) is 15.8. The topological polar surface area (TPSA) is 72.4 Å². The Bertz CT molecular complexity index is 1030. The molecule has 0 radical (unpaired) electrons. The fraction of sp³-hybridized carbons (Fsp3) is 0.385. The Hall–Kier alpha value is -3.48. The molecule has 0 saturated carbocycles. The minimum absolute atomic E-state index is 0.157. The van der Waals surface area contributed by atoms with Gasteiger partial charge in [-0.1, -0.05) is 32.0 Å². The van der Waals surface area contributed by atoms with Gasteiger partial charge in [-0.3, -0.25) is 4.79 Å². The predicted octanol–water partition coefficient (Wildman–Crippen LogP) is 4.91. The molecule has 0 aromatic heterocycles. The van der Waals surface area contributed by atoms with E-state index in [1.165, 1.54) is 11.3 Å². The molecule has 1 heterocycles. The zero-order chi connectivity index (χ0) is 24.0. The summed E-state index contributed by atoms with van der Waals surface area (Å²) in [6, 6.07) is 11.6.